The third kappa shape index (κ3) is 4.01. The summed E-state index contributed by atoms with van der Waals surface area (Å²) in [4.78, 5) is 17.3. The number of hydrogen-bond acceptors (Lipinski definition) is 4. The lowest BCUT2D eigenvalue weighted by Gasteiger charge is -2.31. The smallest absolute Gasteiger partial charge is 0.407 e. The van der Waals surface area contributed by atoms with Crippen molar-refractivity contribution in [2.75, 3.05) is 19.7 Å². The first-order valence-electron chi connectivity index (χ1n) is 10.9. The fraction of sp³-hybridized carbons (Fsp3) is 0.292. The van der Waals surface area contributed by atoms with Gasteiger partial charge in [-0.1, -0.05) is 0 Å². The number of halogens is 2. The number of ether oxygens (including phenoxy) is 1. The Morgan fingerprint density at radius 3 is 2.65 bits per heavy atom. The van der Waals surface area contributed by atoms with E-state index < -0.39 is 23.8 Å². The van der Waals surface area contributed by atoms with Crippen LogP contribution in [0.4, 0.5) is 13.6 Å². The van der Waals surface area contributed by atoms with Gasteiger partial charge in [0.05, 0.1) is 41.9 Å². The zero-order chi connectivity index (χ0) is 24.0. The van der Waals surface area contributed by atoms with Crippen LogP contribution in [0.5, 0.6) is 0 Å². The first-order chi connectivity index (χ1) is 16.3. The summed E-state index contributed by atoms with van der Waals surface area (Å²) in [5.74, 6) is -1.50. The van der Waals surface area contributed by atoms with Crippen LogP contribution in [0.3, 0.4) is 0 Å². The summed E-state index contributed by atoms with van der Waals surface area (Å²) >= 11 is 0. The molecule has 4 heterocycles. The minimum atomic E-state index is -1.02. The topological polar surface area (TPSA) is 84.9 Å². The summed E-state index contributed by atoms with van der Waals surface area (Å²) in [7, 11) is 1.73. The van der Waals surface area contributed by atoms with Crippen molar-refractivity contribution in [3.05, 3.63) is 65.6 Å². The Hall–Kier alpha value is -3.79. The van der Waals surface area contributed by atoms with Crippen LogP contribution in [0.15, 0.2) is 42.7 Å². The second-order valence-corrected chi connectivity index (χ2v) is 8.45. The maximum atomic E-state index is 15.4. The molecule has 1 aromatic carbocycles. The first kappa shape index (κ1) is 22.0. The van der Waals surface area contributed by atoms with E-state index in [1.54, 1.807) is 34.6 Å². The number of aryl methyl sites for hydroxylation is 2. The molecule has 3 aromatic heterocycles. The standard InChI is InChI=1S/C24H23F2N5O3/c1-14-3-6-31-20(12-16-13-30(24(32)33)7-8-34-16)23(27-21(31)9-14)22-17(25)10-15(11-18(22)26)19-4-5-29(2)28-19/h3-6,9-11,16H,7-8,12-13H2,1-2H3,(H,32,33)/t16-/m0/s1. The molecule has 0 spiro atoms. The van der Waals surface area contributed by atoms with Crippen molar-refractivity contribution in [1.82, 2.24) is 24.1 Å². The Morgan fingerprint density at radius 1 is 1.21 bits per heavy atom. The molecule has 1 fully saturated rings. The maximum Gasteiger partial charge on any atom is 0.407 e. The molecule has 10 heteroatoms. The number of aromatic nitrogens is 4. The lowest BCUT2D eigenvalue weighted by molar-refractivity contribution is -0.0214. The number of morpholine rings is 1. The van der Waals surface area contributed by atoms with Crippen LogP contribution in [0.25, 0.3) is 28.2 Å². The number of amides is 1. The van der Waals surface area contributed by atoms with Gasteiger partial charge in [-0.3, -0.25) is 4.68 Å². The van der Waals surface area contributed by atoms with Gasteiger partial charge < -0.3 is 19.1 Å². The number of carbonyl (C=O) groups is 1. The van der Waals surface area contributed by atoms with Crippen LogP contribution in [0, 0.1) is 18.6 Å². The highest BCUT2D eigenvalue weighted by Gasteiger charge is 2.28. The predicted molar refractivity (Wildman–Crippen MR) is 121 cm³/mol. The fourth-order valence-electron chi connectivity index (χ4n) is 4.34. The minimum absolute atomic E-state index is 0.164. The molecule has 1 N–H and O–H groups in total. The normalized spacial score (nSPS) is 16.4. The first-order valence-corrected chi connectivity index (χ1v) is 10.9. The summed E-state index contributed by atoms with van der Waals surface area (Å²) in [6, 6.07) is 7.90. The highest BCUT2D eigenvalue weighted by molar-refractivity contribution is 5.72. The number of rotatable bonds is 4. The molecular weight excluding hydrogens is 444 g/mol. The molecule has 1 atom stereocenters. The number of hydrogen-bond donors (Lipinski definition) is 1. The van der Waals surface area contributed by atoms with Gasteiger partial charge in [-0.05, 0) is 42.8 Å². The van der Waals surface area contributed by atoms with Crippen LogP contribution in [-0.2, 0) is 18.2 Å². The number of fused-ring (bicyclic) bond motifs is 1. The Balaban J connectivity index is 1.60. The van der Waals surface area contributed by atoms with Gasteiger partial charge in [0, 0.05) is 38.0 Å². The van der Waals surface area contributed by atoms with Crippen molar-refractivity contribution in [3.8, 4) is 22.5 Å². The second-order valence-electron chi connectivity index (χ2n) is 8.45. The summed E-state index contributed by atoms with van der Waals surface area (Å²) < 4.78 is 39.9. The molecule has 0 bridgehead atoms. The van der Waals surface area contributed by atoms with Gasteiger partial charge in [0.25, 0.3) is 0 Å². The molecule has 1 aliphatic heterocycles. The van der Waals surface area contributed by atoms with E-state index in [1.807, 2.05) is 19.1 Å². The van der Waals surface area contributed by atoms with Crippen molar-refractivity contribution in [2.45, 2.75) is 19.4 Å². The Labute approximate surface area is 194 Å². The lowest BCUT2D eigenvalue weighted by Crippen LogP contribution is -2.45. The summed E-state index contributed by atoms with van der Waals surface area (Å²) in [5.41, 5.74) is 2.77. The molecule has 0 unspecified atom stereocenters. The van der Waals surface area contributed by atoms with Crippen LogP contribution in [0.1, 0.15) is 11.3 Å². The third-order valence-electron chi connectivity index (χ3n) is 6.00. The van der Waals surface area contributed by atoms with Gasteiger partial charge in [-0.25, -0.2) is 18.6 Å². The summed E-state index contributed by atoms with van der Waals surface area (Å²) in [6.45, 7) is 2.61. The average molecular weight is 467 g/mol. The van der Waals surface area contributed by atoms with E-state index in [0.717, 1.165) is 5.56 Å². The fourth-order valence-corrected chi connectivity index (χ4v) is 4.34. The molecule has 1 aliphatic rings. The Morgan fingerprint density at radius 2 is 1.97 bits per heavy atom. The molecule has 34 heavy (non-hydrogen) atoms. The molecule has 1 saturated heterocycles. The van der Waals surface area contributed by atoms with Gasteiger partial charge in [-0.15, -0.1) is 0 Å². The number of carboxylic acid groups (broad SMARTS) is 1. The molecule has 8 nitrogen and oxygen atoms in total. The molecule has 4 aromatic rings. The van der Waals surface area contributed by atoms with Crippen LogP contribution in [-0.4, -0.2) is 61.1 Å². The van der Waals surface area contributed by atoms with E-state index in [9.17, 15) is 9.90 Å². The largest absolute Gasteiger partial charge is 0.465 e. The zero-order valence-corrected chi connectivity index (χ0v) is 18.7. The summed E-state index contributed by atoms with van der Waals surface area (Å²) in [6.07, 6.45) is 2.25. The van der Waals surface area contributed by atoms with Crippen molar-refractivity contribution >= 4 is 11.7 Å². The van der Waals surface area contributed by atoms with Crippen molar-refractivity contribution < 1.29 is 23.4 Å². The van der Waals surface area contributed by atoms with Gasteiger partial charge in [0.1, 0.15) is 17.3 Å². The molecule has 5 rings (SSSR count). The van der Waals surface area contributed by atoms with Crippen LogP contribution in [0.2, 0.25) is 0 Å². The van der Waals surface area contributed by atoms with E-state index in [4.69, 9.17) is 4.74 Å². The maximum absolute atomic E-state index is 15.4. The Kier molecular flexibility index (Phi) is 5.52. The number of nitrogens with zero attached hydrogens (tertiary/aromatic N) is 5. The van der Waals surface area contributed by atoms with E-state index in [1.165, 1.54) is 17.0 Å². The molecule has 0 aliphatic carbocycles. The molecular formula is C24H23F2N5O3. The van der Waals surface area contributed by atoms with Gasteiger partial charge in [-0.2, -0.15) is 5.10 Å². The zero-order valence-electron chi connectivity index (χ0n) is 18.7. The summed E-state index contributed by atoms with van der Waals surface area (Å²) in [5, 5.41) is 13.6. The van der Waals surface area contributed by atoms with Crippen molar-refractivity contribution in [3.63, 3.8) is 0 Å². The predicted octanol–water partition coefficient (Wildman–Crippen LogP) is 3.91. The third-order valence-corrected chi connectivity index (χ3v) is 6.00. The van der Waals surface area contributed by atoms with E-state index in [2.05, 4.69) is 10.1 Å². The van der Waals surface area contributed by atoms with Crippen molar-refractivity contribution in [2.24, 2.45) is 7.05 Å². The average Bonchev–Trinajstić information content (AvgIpc) is 3.37. The number of pyridine rings is 1. The molecule has 0 radical (unpaired) electrons. The SMILES string of the molecule is Cc1ccn2c(C[C@H]3CN(C(=O)O)CCO3)c(-c3c(F)cc(-c4ccn(C)n4)cc3F)nc2c1. The van der Waals surface area contributed by atoms with Gasteiger partial charge in [0.15, 0.2) is 0 Å². The molecule has 0 saturated carbocycles. The van der Waals surface area contributed by atoms with Gasteiger partial charge in [0.2, 0.25) is 0 Å². The van der Waals surface area contributed by atoms with E-state index in [-0.39, 0.29) is 37.4 Å². The highest BCUT2D eigenvalue weighted by Crippen LogP contribution is 2.34. The van der Waals surface area contributed by atoms with E-state index >= 15 is 8.78 Å². The second kappa shape index (κ2) is 8.53. The van der Waals surface area contributed by atoms with Crippen molar-refractivity contribution in [1.29, 1.82) is 0 Å². The van der Waals surface area contributed by atoms with Crippen LogP contribution >= 0.6 is 0 Å². The lowest BCUT2D eigenvalue weighted by atomic mass is 10.0. The minimum Gasteiger partial charge on any atom is -0.465 e. The quantitative estimate of drug-likeness (QED) is 0.492. The highest BCUT2D eigenvalue weighted by atomic mass is 19.1. The Bertz CT molecular complexity index is 1370. The monoisotopic (exact) mass is 467 g/mol. The van der Waals surface area contributed by atoms with E-state index in [0.29, 0.717) is 22.6 Å². The number of benzene rings is 1. The van der Waals surface area contributed by atoms with Gasteiger partial charge >= 0.3 is 6.09 Å². The van der Waals surface area contributed by atoms with Crippen LogP contribution < -0.4 is 0 Å². The number of imidazole rings is 1. The molecule has 1 amide bonds. The molecule has 176 valence electrons.